The molecule has 1 aliphatic heterocycles. The van der Waals surface area contributed by atoms with Gasteiger partial charge in [0.1, 0.15) is 5.84 Å². The van der Waals surface area contributed by atoms with Crippen LogP contribution in [0, 0.1) is 19.3 Å². The Hall–Kier alpha value is -3.28. The first kappa shape index (κ1) is 17.1. The van der Waals surface area contributed by atoms with Gasteiger partial charge in [0, 0.05) is 0 Å². The Labute approximate surface area is 158 Å². The van der Waals surface area contributed by atoms with E-state index in [2.05, 4.69) is 22.1 Å². The predicted octanol–water partition coefficient (Wildman–Crippen LogP) is 2.60. The summed E-state index contributed by atoms with van der Waals surface area (Å²) in [7, 11) is 0. The molecule has 2 aromatic carbocycles. The van der Waals surface area contributed by atoms with E-state index in [0.29, 0.717) is 5.84 Å². The number of amidine groups is 2. The van der Waals surface area contributed by atoms with Crippen LogP contribution in [0.1, 0.15) is 34.2 Å². The van der Waals surface area contributed by atoms with Crippen molar-refractivity contribution in [1.82, 2.24) is 0 Å². The fourth-order valence-corrected chi connectivity index (χ4v) is 3.69. The van der Waals surface area contributed by atoms with E-state index >= 15 is 0 Å². The highest BCUT2D eigenvalue weighted by Gasteiger charge is 2.46. The van der Waals surface area contributed by atoms with E-state index in [9.17, 15) is 0 Å². The molecule has 0 saturated carbocycles. The summed E-state index contributed by atoms with van der Waals surface area (Å²) in [5.74, 6) is 0.317. The lowest BCUT2D eigenvalue weighted by Crippen LogP contribution is -2.44. The molecule has 6 heteroatoms. The monoisotopic (exact) mass is 358 g/mol. The molecule has 5 N–H and O–H groups in total. The maximum Gasteiger partial charge on any atom is 0.219 e. The van der Waals surface area contributed by atoms with Crippen LogP contribution in [0.15, 0.2) is 57.4 Å². The number of fused-ring (bicyclic) bond motifs is 1. The molecule has 1 unspecified atom stereocenters. The third-order valence-corrected chi connectivity index (χ3v) is 5.34. The van der Waals surface area contributed by atoms with Crippen molar-refractivity contribution in [3.05, 3.63) is 70.3 Å². The van der Waals surface area contributed by atoms with E-state index in [-0.39, 0.29) is 11.8 Å². The van der Waals surface area contributed by atoms with E-state index in [4.69, 9.17) is 21.9 Å². The predicted molar refractivity (Wildman–Crippen MR) is 110 cm³/mol. The summed E-state index contributed by atoms with van der Waals surface area (Å²) in [4.78, 5) is 13.7. The SMILES string of the molecule is Cc1ccc(C2(C(=N)N)N=C(N)N=C2N=C2CCc3ccccc32)cc1C. The Balaban J connectivity index is 1.87. The van der Waals surface area contributed by atoms with Crippen molar-refractivity contribution in [2.75, 3.05) is 0 Å². The number of guanidine groups is 1. The maximum absolute atomic E-state index is 8.31. The van der Waals surface area contributed by atoms with E-state index < -0.39 is 5.54 Å². The number of benzene rings is 2. The molecule has 0 fully saturated rings. The number of rotatable bonds is 2. The highest BCUT2D eigenvalue weighted by Crippen LogP contribution is 2.34. The van der Waals surface area contributed by atoms with Crippen LogP contribution < -0.4 is 11.5 Å². The van der Waals surface area contributed by atoms with Crippen molar-refractivity contribution in [2.45, 2.75) is 32.2 Å². The molecule has 0 bridgehead atoms. The van der Waals surface area contributed by atoms with Crippen LogP contribution in [0.3, 0.4) is 0 Å². The molecule has 27 heavy (non-hydrogen) atoms. The zero-order chi connectivity index (χ0) is 19.2. The zero-order valence-corrected chi connectivity index (χ0v) is 15.5. The molecule has 136 valence electrons. The van der Waals surface area contributed by atoms with Crippen LogP contribution in [0.2, 0.25) is 0 Å². The van der Waals surface area contributed by atoms with Gasteiger partial charge in [-0.25, -0.2) is 9.98 Å². The number of aliphatic imine (C=N–C) groups is 3. The topological polar surface area (TPSA) is 113 Å². The lowest BCUT2D eigenvalue weighted by molar-refractivity contribution is 0.803. The molecular formula is C21H22N6. The molecule has 1 aliphatic carbocycles. The Bertz CT molecular complexity index is 1050. The van der Waals surface area contributed by atoms with Crippen LogP contribution in [0.25, 0.3) is 0 Å². The molecule has 4 rings (SSSR count). The second-order valence-electron chi connectivity index (χ2n) is 7.04. The van der Waals surface area contributed by atoms with E-state index in [1.54, 1.807) is 0 Å². The van der Waals surface area contributed by atoms with E-state index in [1.165, 1.54) is 5.56 Å². The molecule has 2 aliphatic rings. The Morgan fingerprint density at radius 3 is 2.63 bits per heavy atom. The first-order valence-corrected chi connectivity index (χ1v) is 8.94. The first-order chi connectivity index (χ1) is 12.9. The highest BCUT2D eigenvalue weighted by atomic mass is 15.2. The summed E-state index contributed by atoms with van der Waals surface area (Å²) >= 11 is 0. The Morgan fingerprint density at radius 1 is 1.11 bits per heavy atom. The molecule has 1 heterocycles. The van der Waals surface area contributed by atoms with Crippen LogP contribution >= 0.6 is 0 Å². The maximum atomic E-state index is 8.31. The molecule has 0 amide bonds. The molecule has 0 aromatic heterocycles. The second-order valence-corrected chi connectivity index (χ2v) is 7.04. The van der Waals surface area contributed by atoms with Gasteiger partial charge in [-0.2, -0.15) is 4.99 Å². The summed E-state index contributed by atoms with van der Waals surface area (Å²) in [5, 5.41) is 8.31. The van der Waals surface area contributed by atoms with Gasteiger partial charge in [0.25, 0.3) is 0 Å². The summed E-state index contributed by atoms with van der Waals surface area (Å²) in [6.45, 7) is 4.06. The molecule has 0 saturated heterocycles. The van der Waals surface area contributed by atoms with Crippen LogP contribution in [-0.4, -0.2) is 23.3 Å². The second kappa shape index (κ2) is 6.16. The van der Waals surface area contributed by atoms with Gasteiger partial charge >= 0.3 is 0 Å². The summed E-state index contributed by atoms with van der Waals surface area (Å²) in [6.07, 6.45) is 1.76. The lowest BCUT2D eigenvalue weighted by atomic mass is 9.86. The van der Waals surface area contributed by atoms with Gasteiger partial charge in [-0.3, -0.25) is 5.41 Å². The molecule has 6 nitrogen and oxygen atoms in total. The van der Waals surface area contributed by atoms with Crippen molar-refractivity contribution >= 4 is 23.3 Å². The zero-order valence-electron chi connectivity index (χ0n) is 15.5. The first-order valence-electron chi connectivity index (χ1n) is 8.94. The van der Waals surface area contributed by atoms with Gasteiger partial charge in [-0.1, -0.05) is 42.5 Å². The quantitative estimate of drug-likeness (QED) is 0.566. The summed E-state index contributed by atoms with van der Waals surface area (Å²) < 4.78 is 0. The number of hydrogen-bond donors (Lipinski definition) is 3. The molecule has 1 atom stereocenters. The van der Waals surface area contributed by atoms with Crippen LogP contribution in [0.4, 0.5) is 0 Å². The third-order valence-electron chi connectivity index (χ3n) is 5.34. The molecule has 2 aromatic rings. The van der Waals surface area contributed by atoms with Gasteiger partial charge in [0.15, 0.2) is 5.84 Å². The van der Waals surface area contributed by atoms with E-state index in [1.807, 2.05) is 44.2 Å². The minimum atomic E-state index is -1.27. The minimum absolute atomic E-state index is 0.0917. The van der Waals surface area contributed by atoms with Gasteiger partial charge in [0.05, 0.1) is 5.71 Å². The van der Waals surface area contributed by atoms with Crippen molar-refractivity contribution in [1.29, 1.82) is 5.41 Å². The molecule has 0 spiro atoms. The molecular weight excluding hydrogens is 336 g/mol. The normalized spacial score (nSPS) is 22.5. The summed E-state index contributed by atoms with van der Waals surface area (Å²) in [5.41, 5.74) is 17.0. The highest BCUT2D eigenvalue weighted by molar-refractivity contribution is 6.24. The largest absolute Gasteiger partial charge is 0.385 e. The van der Waals surface area contributed by atoms with Crippen molar-refractivity contribution < 1.29 is 0 Å². The van der Waals surface area contributed by atoms with Gasteiger partial charge < -0.3 is 11.5 Å². The standard InChI is InChI=1S/C21H22N6/c1-12-7-9-15(11-13(12)2)21(18(22)23)19(26-20(24)27-21)25-17-10-8-14-5-3-4-6-16(14)17/h3-7,9,11H,8,10H2,1-2H3,(H3,22,23)(H2,24,27). The van der Waals surface area contributed by atoms with E-state index in [0.717, 1.165) is 40.8 Å². The number of nitrogens with two attached hydrogens (primary N) is 2. The van der Waals surface area contributed by atoms with Crippen molar-refractivity contribution in [2.24, 2.45) is 26.4 Å². The van der Waals surface area contributed by atoms with Crippen molar-refractivity contribution in [3.8, 4) is 0 Å². The number of hydrogen-bond acceptors (Lipinski definition) is 5. The number of nitrogens with zero attached hydrogens (tertiary/aromatic N) is 3. The van der Waals surface area contributed by atoms with Crippen molar-refractivity contribution in [3.63, 3.8) is 0 Å². The fourth-order valence-electron chi connectivity index (χ4n) is 3.69. The molecule has 0 radical (unpaired) electrons. The third kappa shape index (κ3) is 2.65. The minimum Gasteiger partial charge on any atom is -0.385 e. The van der Waals surface area contributed by atoms with Gasteiger partial charge in [-0.15, -0.1) is 0 Å². The number of aryl methyl sites for hydroxylation is 3. The Morgan fingerprint density at radius 2 is 1.89 bits per heavy atom. The smallest absolute Gasteiger partial charge is 0.219 e. The average molecular weight is 358 g/mol. The fraction of sp³-hybridized carbons (Fsp3) is 0.238. The summed E-state index contributed by atoms with van der Waals surface area (Å²) in [6, 6.07) is 14.1. The Kier molecular flexibility index (Phi) is 3.91. The number of nitrogens with one attached hydrogen (secondary N) is 1. The van der Waals surface area contributed by atoms with Crippen LogP contribution in [0.5, 0.6) is 0 Å². The van der Waals surface area contributed by atoms with Crippen LogP contribution in [-0.2, 0) is 12.0 Å². The lowest BCUT2D eigenvalue weighted by Gasteiger charge is -2.26. The van der Waals surface area contributed by atoms with Gasteiger partial charge in [0.2, 0.25) is 11.5 Å². The van der Waals surface area contributed by atoms with Gasteiger partial charge in [-0.05, 0) is 54.5 Å². The average Bonchev–Trinajstić information content (AvgIpc) is 3.19.